The second-order valence-electron chi connectivity index (χ2n) is 7.80. The Balaban J connectivity index is 1.50. The zero-order valence-electron chi connectivity index (χ0n) is 16.9. The summed E-state index contributed by atoms with van der Waals surface area (Å²) < 4.78 is 2.05. The number of nitrogens with zero attached hydrogens (tertiary/aromatic N) is 3. The molecule has 1 aromatic carbocycles. The van der Waals surface area contributed by atoms with Gasteiger partial charge in [-0.05, 0) is 38.7 Å². The van der Waals surface area contributed by atoms with E-state index >= 15 is 0 Å². The number of aryl methyl sites for hydroxylation is 2. The predicted molar refractivity (Wildman–Crippen MR) is 115 cm³/mol. The summed E-state index contributed by atoms with van der Waals surface area (Å²) in [7, 11) is 0. The van der Waals surface area contributed by atoms with E-state index in [1.54, 1.807) is 0 Å². The molecule has 150 valence electrons. The van der Waals surface area contributed by atoms with Crippen LogP contribution in [0.25, 0.3) is 0 Å². The Kier molecular flexibility index (Phi) is 6.07. The van der Waals surface area contributed by atoms with Crippen LogP contribution in [0.2, 0.25) is 0 Å². The third-order valence-electron chi connectivity index (χ3n) is 5.82. The highest BCUT2D eigenvalue weighted by Gasteiger charge is 2.31. The van der Waals surface area contributed by atoms with Gasteiger partial charge in [0.25, 0.3) is 5.91 Å². The molecule has 1 saturated heterocycles. The van der Waals surface area contributed by atoms with Gasteiger partial charge in [0.2, 0.25) is 0 Å². The summed E-state index contributed by atoms with van der Waals surface area (Å²) in [5, 5.41) is 8.45. The molecule has 1 amide bonds. The minimum absolute atomic E-state index is 0.128. The van der Waals surface area contributed by atoms with E-state index in [1.807, 2.05) is 16.7 Å². The number of fused-ring (bicyclic) bond motifs is 1. The Morgan fingerprint density at radius 3 is 2.89 bits per heavy atom. The van der Waals surface area contributed by atoms with Crippen molar-refractivity contribution in [2.45, 2.75) is 52.2 Å². The lowest BCUT2D eigenvalue weighted by Gasteiger charge is -2.27. The predicted octanol–water partition coefficient (Wildman–Crippen LogP) is 3.05. The average molecular weight is 399 g/mol. The number of carbonyl (C=O) groups excluding carboxylic acids is 1. The van der Waals surface area contributed by atoms with Gasteiger partial charge in [-0.15, -0.1) is 0 Å². The molecule has 4 rings (SSSR count). The summed E-state index contributed by atoms with van der Waals surface area (Å²) in [5.41, 5.74) is 5.76. The first-order valence-electron chi connectivity index (χ1n) is 10.4. The first-order valence-corrected chi connectivity index (χ1v) is 11.6. The first-order chi connectivity index (χ1) is 13.7. The van der Waals surface area contributed by atoms with Crippen LogP contribution in [0.15, 0.2) is 24.3 Å². The van der Waals surface area contributed by atoms with E-state index in [0.717, 1.165) is 56.9 Å². The fraction of sp³-hybridized carbons (Fsp3) is 0.545. The van der Waals surface area contributed by atoms with Crippen LogP contribution in [0, 0.1) is 6.92 Å². The molecule has 0 unspecified atom stereocenters. The van der Waals surface area contributed by atoms with Gasteiger partial charge in [-0.1, -0.05) is 29.8 Å². The number of rotatable bonds is 5. The summed E-state index contributed by atoms with van der Waals surface area (Å²) >= 11 is 1.93. The minimum Gasteiger partial charge on any atom is -0.336 e. The molecule has 0 bridgehead atoms. The van der Waals surface area contributed by atoms with Gasteiger partial charge in [-0.3, -0.25) is 9.48 Å². The highest BCUT2D eigenvalue weighted by molar-refractivity contribution is 7.99. The second kappa shape index (κ2) is 8.70. The summed E-state index contributed by atoms with van der Waals surface area (Å²) in [6, 6.07) is 9.05. The molecule has 2 aromatic rings. The monoisotopic (exact) mass is 398 g/mol. The van der Waals surface area contributed by atoms with Crippen molar-refractivity contribution < 1.29 is 4.79 Å². The standard InChI is InChI=1S/C22H30N4OS/c1-3-26-20-8-7-18(23-15-17-6-4-5-16(2)13-17)14-19(20)21(24-26)22(27)25-9-11-28-12-10-25/h4-6,13,18,23H,3,7-12,14-15H2,1-2H3/t18-/m1/s1. The van der Waals surface area contributed by atoms with Gasteiger partial charge >= 0.3 is 0 Å². The summed E-state index contributed by atoms with van der Waals surface area (Å²) in [5.74, 6) is 2.19. The Bertz CT molecular complexity index is 841. The molecule has 1 aliphatic heterocycles. The Morgan fingerprint density at radius 2 is 2.14 bits per heavy atom. The number of aromatic nitrogens is 2. The number of thioether (sulfide) groups is 1. The maximum absolute atomic E-state index is 13.1. The van der Waals surface area contributed by atoms with Crippen molar-refractivity contribution in [1.29, 1.82) is 0 Å². The van der Waals surface area contributed by atoms with Crippen molar-refractivity contribution in [3.8, 4) is 0 Å². The van der Waals surface area contributed by atoms with E-state index in [-0.39, 0.29) is 5.91 Å². The second-order valence-corrected chi connectivity index (χ2v) is 9.03. The highest BCUT2D eigenvalue weighted by Crippen LogP contribution is 2.27. The van der Waals surface area contributed by atoms with Crippen molar-refractivity contribution in [3.63, 3.8) is 0 Å². The SMILES string of the molecule is CCn1nc(C(=O)N2CCSCC2)c2c1CC[C@@H](NCc1cccc(C)c1)C2. The van der Waals surface area contributed by atoms with Gasteiger partial charge in [0, 0.05) is 55.0 Å². The van der Waals surface area contributed by atoms with Crippen molar-refractivity contribution in [3.05, 3.63) is 52.3 Å². The van der Waals surface area contributed by atoms with E-state index in [9.17, 15) is 4.79 Å². The topological polar surface area (TPSA) is 50.2 Å². The molecular formula is C22H30N4OS. The lowest BCUT2D eigenvalue weighted by Crippen LogP contribution is -2.39. The lowest BCUT2D eigenvalue weighted by atomic mass is 9.91. The highest BCUT2D eigenvalue weighted by atomic mass is 32.2. The molecular weight excluding hydrogens is 368 g/mol. The average Bonchev–Trinajstić information content (AvgIpc) is 3.10. The van der Waals surface area contributed by atoms with Crippen LogP contribution in [0.4, 0.5) is 0 Å². The van der Waals surface area contributed by atoms with Crippen LogP contribution < -0.4 is 5.32 Å². The van der Waals surface area contributed by atoms with Crippen molar-refractivity contribution in [2.24, 2.45) is 0 Å². The van der Waals surface area contributed by atoms with E-state index in [4.69, 9.17) is 5.10 Å². The number of nitrogens with one attached hydrogen (secondary N) is 1. The first kappa shape index (κ1) is 19.5. The molecule has 28 heavy (non-hydrogen) atoms. The molecule has 6 heteroatoms. The number of hydrogen-bond donors (Lipinski definition) is 1. The minimum atomic E-state index is 0.128. The van der Waals surface area contributed by atoms with Crippen LogP contribution in [-0.2, 0) is 25.9 Å². The Morgan fingerprint density at radius 1 is 1.32 bits per heavy atom. The zero-order valence-corrected chi connectivity index (χ0v) is 17.7. The van der Waals surface area contributed by atoms with Crippen molar-refractivity contribution in [1.82, 2.24) is 20.0 Å². The quantitative estimate of drug-likeness (QED) is 0.841. The molecule has 1 aliphatic carbocycles. The van der Waals surface area contributed by atoms with E-state index in [0.29, 0.717) is 11.7 Å². The molecule has 1 N–H and O–H groups in total. The molecule has 1 atom stereocenters. The number of amides is 1. The number of benzene rings is 1. The molecule has 1 fully saturated rings. The molecule has 0 radical (unpaired) electrons. The number of hydrogen-bond acceptors (Lipinski definition) is 4. The smallest absolute Gasteiger partial charge is 0.274 e. The van der Waals surface area contributed by atoms with Gasteiger partial charge in [0.1, 0.15) is 0 Å². The zero-order chi connectivity index (χ0) is 19.5. The Hall–Kier alpha value is -1.79. The summed E-state index contributed by atoms with van der Waals surface area (Å²) in [6.45, 7) is 7.62. The summed E-state index contributed by atoms with van der Waals surface area (Å²) in [6.07, 6.45) is 2.98. The van der Waals surface area contributed by atoms with Gasteiger partial charge in [-0.25, -0.2) is 0 Å². The fourth-order valence-electron chi connectivity index (χ4n) is 4.30. The lowest BCUT2D eigenvalue weighted by molar-refractivity contribution is 0.0764. The normalized spacial score (nSPS) is 19.5. The molecule has 1 aromatic heterocycles. The van der Waals surface area contributed by atoms with Crippen molar-refractivity contribution >= 4 is 17.7 Å². The molecule has 0 saturated carbocycles. The summed E-state index contributed by atoms with van der Waals surface area (Å²) in [4.78, 5) is 15.1. The molecule has 2 aliphatic rings. The molecule has 0 spiro atoms. The number of carbonyl (C=O) groups is 1. The van der Waals surface area contributed by atoms with Crippen LogP contribution in [0.3, 0.4) is 0 Å². The Labute approximate surface area is 171 Å². The third-order valence-corrected chi connectivity index (χ3v) is 6.77. The van der Waals surface area contributed by atoms with Gasteiger partial charge in [0.15, 0.2) is 5.69 Å². The maximum atomic E-state index is 13.1. The van der Waals surface area contributed by atoms with Crippen LogP contribution in [-0.4, -0.2) is 51.2 Å². The maximum Gasteiger partial charge on any atom is 0.274 e. The molecule has 2 heterocycles. The van der Waals surface area contributed by atoms with E-state index < -0.39 is 0 Å². The van der Waals surface area contributed by atoms with Crippen molar-refractivity contribution in [2.75, 3.05) is 24.6 Å². The van der Waals surface area contributed by atoms with Gasteiger partial charge in [-0.2, -0.15) is 16.9 Å². The van der Waals surface area contributed by atoms with Crippen LogP contribution >= 0.6 is 11.8 Å². The van der Waals surface area contributed by atoms with Crippen LogP contribution in [0.5, 0.6) is 0 Å². The molecule has 5 nitrogen and oxygen atoms in total. The van der Waals surface area contributed by atoms with Gasteiger partial charge in [0.05, 0.1) is 0 Å². The van der Waals surface area contributed by atoms with E-state index in [1.165, 1.54) is 22.4 Å². The third kappa shape index (κ3) is 4.13. The van der Waals surface area contributed by atoms with E-state index in [2.05, 4.69) is 48.1 Å². The van der Waals surface area contributed by atoms with Gasteiger partial charge < -0.3 is 10.2 Å². The largest absolute Gasteiger partial charge is 0.336 e. The van der Waals surface area contributed by atoms with Crippen LogP contribution in [0.1, 0.15) is 46.2 Å². The fourth-order valence-corrected chi connectivity index (χ4v) is 5.20.